The van der Waals surface area contributed by atoms with Crippen LogP contribution in [0, 0.1) is 44.1 Å². The topological polar surface area (TPSA) is 98.2 Å². The summed E-state index contributed by atoms with van der Waals surface area (Å²) in [6.45, 7) is 9.32. The second kappa shape index (κ2) is 40.0. The normalized spacial score (nSPS) is 10.8. The van der Waals surface area contributed by atoms with E-state index in [-0.39, 0.29) is 51.1 Å². The Hall–Kier alpha value is 0.523. The Bertz CT molecular complexity index is 389. The molecule has 0 fully saturated rings. The number of carbonyl (C=O) groups excluding carboxylic acids is 2. The minimum absolute atomic E-state index is 0. The molecule has 0 aliphatic heterocycles. The van der Waals surface area contributed by atoms with Gasteiger partial charge in [0.1, 0.15) is 0 Å². The molecular weight excluding hydrogens is 617 g/mol. The summed E-state index contributed by atoms with van der Waals surface area (Å²) >= 11 is 4.39. The third-order valence-corrected chi connectivity index (χ3v) is 6.26. The minimum Gasteiger partial charge on any atom is -0.705 e. The molecule has 0 heterocycles. The molecule has 0 saturated heterocycles. The van der Waals surface area contributed by atoms with Crippen molar-refractivity contribution in [3.8, 4) is 0 Å². The molecule has 0 bridgehead atoms. The van der Waals surface area contributed by atoms with Crippen molar-refractivity contribution in [3.63, 3.8) is 0 Å². The van der Waals surface area contributed by atoms with Gasteiger partial charge in [0.15, 0.2) is 0 Å². The van der Waals surface area contributed by atoms with Crippen molar-refractivity contribution >= 4 is 24.6 Å². The Labute approximate surface area is 261 Å². The second-order valence-electron chi connectivity index (χ2n) is 9.78. The molecule has 36 heavy (non-hydrogen) atoms. The summed E-state index contributed by atoms with van der Waals surface area (Å²) in [7, 11) is 0. The molecule has 5 N–H and O–H groups in total. The number of carbonyl (C=O) groups is 2. The van der Waals surface area contributed by atoms with Crippen molar-refractivity contribution in [1.82, 2.24) is 4.72 Å². The summed E-state index contributed by atoms with van der Waals surface area (Å²) in [6.07, 6.45) is 28.8. The zero-order chi connectivity index (χ0) is 27.0. The van der Waals surface area contributed by atoms with Crippen LogP contribution >= 0.6 is 0 Å². The first-order valence-corrected chi connectivity index (χ1v) is 15.2. The number of hydrogen-bond donors (Lipinski definition) is 3. The van der Waals surface area contributed by atoms with E-state index in [9.17, 15) is 9.59 Å². The van der Waals surface area contributed by atoms with Gasteiger partial charge in [-0.15, -0.1) is 0 Å². The predicted molar refractivity (Wildman–Crippen MR) is 157 cm³/mol. The Morgan fingerprint density at radius 2 is 0.833 bits per heavy atom. The largest absolute Gasteiger partial charge is 0.705 e. The number of unbranched alkanes of at least 4 members (excludes halogenated alkanes) is 18. The Morgan fingerprint density at radius 3 is 1.00 bits per heavy atom. The Kier molecular flexibility index (Phi) is 48.4. The molecule has 0 saturated carbocycles. The van der Waals surface area contributed by atoms with Crippen LogP contribution in [-0.4, -0.2) is 18.4 Å². The maximum atomic E-state index is 10.6. The van der Waals surface area contributed by atoms with Crippen molar-refractivity contribution < 1.29 is 47.8 Å². The number of rotatable bonds is 23. The molecule has 0 aromatic carbocycles. The average Bonchev–Trinajstić information content (AvgIpc) is 2.83. The number of primary amides is 2. The summed E-state index contributed by atoms with van der Waals surface area (Å²) in [5.41, 5.74) is 9.79. The van der Waals surface area contributed by atoms with Gasteiger partial charge in [0, 0.05) is 44.6 Å². The first kappa shape index (κ1) is 43.6. The van der Waals surface area contributed by atoms with Gasteiger partial charge in [-0.25, -0.2) is 0 Å². The van der Waals surface area contributed by atoms with Crippen LogP contribution in [0.5, 0.6) is 0 Å². The molecule has 0 spiro atoms. The third kappa shape index (κ3) is 44.5. The van der Waals surface area contributed by atoms with E-state index < -0.39 is 17.7 Å². The van der Waals surface area contributed by atoms with Gasteiger partial charge in [-0.3, -0.25) is 9.59 Å². The van der Waals surface area contributed by atoms with Crippen LogP contribution in [0.2, 0.25) is 0 Å². The quantitative estimate of drug-likeness (QED) is 0.0757. The van der Waals surface area contributed by atoms with Crippen LogP contribution in [0.1, 0.15) is 163 Å². The van der Waals surface area contributed by atoms with E-state index in [0.717, 1.165) is 0 Å². The van der Waals surface area contributed by atoms with E-state index >= 15 is 0 Å². The van der Waals surface area contributed by atoms with Crippen LogP contribution in [0.15, 0.2) is 0 Å². The van der Waals surface area contributed by atoms with E-state index in [1.54, 1.807) is 0 Å². The van der Waals surface area contributed by atoms with Gasteiger partial charge < -0.3 is 29.0 Å². The van der Waals surface area contributed by atoms with Gasteiger partial charge in [0.05, 0.1) is 5.92 Å². The van der Waals surface area contributed by atoms with Gasteiger partial charge in [0.25, 0.3) is 0 Å². The van der Waals surface area contributed by atoms with E-state index in [0.29, 0.717) is 0 Å². The molecule has 2 amide bonds. The summed E-state index contributed by atoms with van der Waals surface area (Å²) in [4.78, 5) is 20.9. The van der Waals surface area contributed by atoms with Crippen molar-refractivity contribution in [1.29, 1.82) is 0 Å². The molecule has 5 nitrogen and oxygen atoms in total. The predicted octanol–water partition coefficient (Wildman–Crippen LogP) is 7.87. The SMILES string of the molecule is CCCCCCCCCCCC.CCCCCCCCCCCC.NC(=O)CC(CN[S-])C(N)=O.[Dy]. The molecule has 1 unspecified atom stereocenters. The molecule has 7 heteroatoms. The van der Waals surface area contributed by atoms with Gasteiger partial charge in [0.2, 0.25) is 11.8 Å². The molecule has 1 atom stereocenters. The number of nitrogens with two attached hydrogens (primary N) is 2. The van der Waals surface area contributed by atoms with Crippen molar-refractivity contribution in [2.75, 3.05) is 6.54 Å². The third-order valence-electron chi connectivity index (χ3n) is 6.09. The number of amides is 2. The zero-order valence-corrected chi connectivity index (χ0v) is 27.2. The van der Waals surface area contributed by atoms with Crippen molar-refractivity contribution in [3.05, 3.63) is 0 Å². The molecule has 0 rings (SSSR count). The van der Waals surface area contributed by atoms with Gasteiger partial charge in [-0.2, -0.15) is 0 Å². The minimum atomic E-state index is -0.593. The standard InChI is InChI=1S/2C12H26.C5H10N3O2S.Dy/c2*1-3-5-7-9-11-12-10-8-6-4-2;6-4(9)1-3(2-8-11)5(7)10;/h2*3-12H2,1-2H3;3,8H,1-2H2,(H2,6,9)(H2,7,10);/q;;-1;. The van der Waals surface area contributed by atoms with Gasteiger partial charge >= 0.3 is 0 Å². The fourth-order valence-electron chi connectivity index (χ4n) is 3.74. The zero-order valence-electron chi connectivity index (χ0n) is 24.3. The van der Waals surface area contributed by atoms with Gasteiger partial charge in [-0.1, -0.05) is 156 Å². The van der Waals surface area contributed by atoms with E-state index in [1.165, 1.54) is 128 Å². The molecule has 0 aromatic rings. The smallest absolute Gasteiger partial charge is 0.222 e. The molecule has 0 aliphatic carbocycles. The summed E-state index contributed by atoms with van der Waals surface area (Å²) in [5.74, 6) is -1.72. The fourth-order valence-corrected chi connectivity index (χ4v) is 3.94. The molecule has 222 valence electrons. The van der Waals surface area contributed by atoms with Crippen LogP contribution < -0.4 is 16.2 Å². The second-order valence-corrected chi connectivity index (χ2v) is 10.1. The van der Waals surface area contributed by atoms with Crippen LogP contribution in [-0.2, 0) is 22.4 Å². The first-order valence-electron chi connectivity index (χ1n) is 14.8. The average molecular weight is 679 g/mol. The van der Waals surface area contributed by atoms with Crippen LogP contribution in [0.3, 0.4) is 0 Å². The molecular formula is C29H62DyN3O2S-. The maximum Gasteiger partial charge on any atom is 0.222 e. The fraction of sp³-hybridized carbons (Fsp3) is 0.931. The Morgan fingerprint density at radius 1 is 0.583 bits per heavy atom. The van der Waals surface area contributed by atoms with Gasteiger partial charge in [-0.05, 0) is 6.54 Å². The van der Waals surface area contributed by atoms with Crippen LogP contribution in [0.25, 0.3) is 0 Å². The van der Waals surface area contributed by atoms with Crippen LogP contribution in [0.4, 0.5) is 0 Å². The molecule has 0 aromatic heterocycles. The summed E-state index contributed by atoms with van der Waals surface area (Å²) in [6, 6.07) is 0. The monoisotopic (exact) mass is 680 g/mol. The van der Waals surface area contributed by atoms with Crippen molar-refractivity contribution in [2.24, 2.45) is 17.4 Å². The number of nitrogens with one attached hydrogen (secondary N) is 1. The van der Waals surface area contributed by atoms with E-state index in [1.807, 2.05) is 0 Å². The first-order chi connectivity index (χ1) is 16.9. The molecule has 0 radical (unpaired) electrons. The summed E-state index contributed by atoms with van der Waals surface area (Å²) < 4.78 is 2.33. The number of hydrogen-bond acceptors (Lipinski definition) is 4. The Balaban J connectivity index is -0.000000211. The summed E-state index contributed by atoms with van der Waals surface area (Å²) in [5, 5.41) is 0. The van der Waals surface area contributed by atoms with Crippen molar-refractivity contribution in [2.45, 2.75) is 163 Å². The van der Waals surface area contributed by atoms with E-state index in [2.05, 4.69) is 45.2 Å². The van der Waals surface area contributed by atoms with E-state index in [4.69, 9.17) is 11.5 Å². The maximum absolute atomic E-state index is 10.6. The molecule has 0 aliphatic rings.